The first-order valence-electron chi connectivity index (χ1n) is 7.10. The van der Waals surface area contributed by atoms with Gasteiger partial charge in [-0.1, -0.05) is 35.8 Å². The number of benzene rings is 1. The van der Waals surface area contributed by atoms with Gasteiger partial charge in [0.1, 0.15) is 0 Å². The molecular formula is C15H23BrN2S. The molecule has 1 aromatic carbocycles. The number of thioether (sulfide) groups is 1. The van der Waals surface area contributed by atoms with E-state index >= 15 is 0 Å². The lowest BCUT2D eigenvalue weighted by Crippen LogP contribution is -2.37. The second kappa shape index (κ2) is 7.55. The van der Waals surface area contributed by atoms with Gasteiger partial charge in [-0.15, -0.1) is 0 Å². The molecule has 1 aromatic rings. The van der Waals surface area contributed by atoms with Gasteiger partial charge in [-0.25, -0.2) is 0 Å². The van der Waals surface area contributed by atoms with Crippen molar-refractivity contribution in [2.24, 2.45) is 0 Å². The highest BCUT2D eigenvalue weighted by molar-refractivity contribution is 9.10. The van der Waals surface area contributed by atoms with Crippen LogP contribution in [0.3, 0.4) is 0 Å². The first-order valence-corrected chi connectivity index (χ1v) is 8.94. The molecule has 0 radical (unpaired) electrons. The summed E-state index contributed by atoms with van der Waals surface area (Å²) in [5, 5.41) is 4.16. The number of halogens is 1. The molecule has 4 heteroatoms. The third-order valence-corrected chi connectivity index (χ3v) is 5.67. The highest BCUT2D eigenvalue weighted by Crippen LogP contribution is 2.29. The van der Waals surface area contributed by atoms with E-state index in [9.17, 15) is 0 Å². The van der Waals surface area contributed by atoms with Crippen molar-refractivity contribution >= 4 is 33.4 Å². The highest BCUT2D eigenvalue weighted by Gasteiger charge is 2.19. The van der Waals surface area contributed by atoms with Gasteiger partial charge in [-0.05, 0) is 30.7 Å². The smallest absolute Gasteiger partial charge is 0.0378 e. The van der Waals surface area contributed by atoms with Gasteiger partial charge in [0, 0.05) is 40.8 Å². The molecule has 0 saturated carbocycles. The van der Waals surface area contributed by atoms with Crippen LogP contribution in [0.25, 0.3) is 0 Å². The second-order valence-corrected chi connectivity index (χ2v) is 7.17. The highest BCUT2D eigenvalue weighted by atomic mass is 79.9. The Balaban J connectivity index is 2.06. The van der Waals surface area contributed by atoms with Crippen molar-refractivity contribution < 1.29 is 0 Å². The Morgan fingerprint density at radius 2 is 2.26 bits per heavy atom. The minimum absolute atomic E-state index is 0.786. The molecule has 0 amide bonds. The molecule has 1 fully saturated rings. The fourth-order valence-corrected chi connectivity index (χ4v) is 4.02. The Hall–Kier alpha value is -0.190. The summed E-state index contributed by atoms with van der Waals surface area (Å²) in [5.74, 6) is 1.25. The third-order valence-electron chi connectivity index (χ3n) is 3.56. The van der Waals surface area contributed by atoms with E-state index < -0.39 is 0 Å². The molecule has 1 heterocycles. The van der Waals surface area contributed by atoms with Crippen molar-refractivity contribution in [1.82, 2.24) is 5.32 Å². The summed E-state index contributed by atoms with van der Waals surface area (Å²) in [6.07, 6.45) is 1.26. The topological polar surface area (TPSA) is 15.3 Å². The van der Waals surface area contributed by atoms with Crippen LogP contribution in [0.1, 0.15) is 25.8 Å². The molecule has 1 aliphatic rings. The summed E-state index contributed by atoms with van der Waals surface area (Å²) >= 11 is 5.82. The number of hydrogen-bond donors (Lipinski definition) is 1. The Bertz CT molecular complexity index is 411. The van der Waals surface area contributed by atoms with Crippen molar-refractivity contribution in [3.05, 3.63) is 28.2 Å². The Kier molecular flexibility index (Phi) is 6.05. The van der Waals surface area contributed by atoms with Crippen LogP contribution in [0.15, 0.2) is 22.7 Å². The van der Waals surface area contributed by atoms with Crippen molar-refractivity contribution in [3.63, 3.8) is 0 Å². The minimum atomic E-state index is 0.786. The first-order chi connectivity index (χ1) is 9.24. The summed E-state index contributed by atoms with van der Waals surface area (Å²) in [5.41, 5.74) is 2.69. The maximum Gasteiger partial charge on any atom is 0.0378 e. The van der Waals surface area contributed by atoms with Crippen molar-refractivity contribution in [2.45, 2.75) is 32.1 Å². The zero-order chi connectivity index (χ0) is 13.7. The van der Waals surface area contributed by atoms with Gasteiger partial charge in [0.15, 0.2) is 0 Å². The summed E-state index contributed by atoms with van der Waals surface area (Å²) in [6.45, 7) is 8.72. The second-order valence-electron chi connectivity index (χ2n) is 4.90. The van der Waals surface area contributed by atoms with Crippen LogP contribution in [0, 0.1) is 0 Å². The first kappa shape index (κ1) is 15.2. The van der Waals surface area contributed by atoms with Gasteiger partial charge >= 0.3 is 0 Å². The van der Waals surface area contributed by atoms with Crippen LogP contribution in [0.4, 0.5) is 5.69 Å². The molecule has 1 atom stereocenters. The van der Waals surface area contributed by atoms with E-state index in [1.165, 1.54) is 41.0 Å². The summed E-state index contributed by atoms with van der Waals surface area (Å²) in [4.78, 5) is 2.52. The van der Waals surface area contributed by atoms with E-state index in [-0.39, 0.29) is 0 Å². The van der Waals surface area contributed by atoms with Crippen molar-refractivity contribution in [2.75, 3.05) is 30.3 Å². The van der Waals surface area contributed by atoms with Gasteiger partial charge in [0.25, 0.3) is 0 Å². The van der Waals surface area contributed by atoms with Gasteiger partial charge in [0.05, 0.1) is 0 Å². The number of hydrogen-bond acceptors (Lipinski definition) is 3. The van der Waals surface area contributed by atoms with Gasteiger partial charge < -0.3 is 10.2 Å². The maximum atomic E-state index is 3.70. The summed E-state index contributed by atoms with van der Waals surface area (Å²) in [7, 11) is 0. The standard InChI is InChI=1S/C15H23BrN2S/c1-3-14-11-18(7-8-19-14)13-6-5-12(10-17-4-2)15(16)9-13/h5-6,9,14,17H,3-4,7-8,10-11H2,1-2H3. The predicted octanol–water partition coefficient (Wildman–Crippen LogP) is 3.89. The fraction of sp³-hybridized carbons (Fsp3) is 0.600. The minimum Gasteiger partial charge on any atom is -0.370 e. The molecule has 106 valence electrons. The number of anilines is 1. The Morgan fingerprint density at radius 3 is 2.95 bits per heavy atom. The lowest BCUT2D eigenvalue weighted by Gasteiger charge is -2.34. The van der Waals surface area contributed by atoms with Crippen LogP contribution in [0.5, 0.6) is 0 Å². The number of nitrogens with one attached hydrogen (secondary N) is 1. The van der Waals surface area contributed by atoms with Gasteiger partial charge in [0.2, 0.25) is 0 Å². The van der Waals surface area contributed by atoms with E-state index in [0.717, 1.165) is 18.3 Å². The normalized spacial score (nSPS) is 19.7. The fourth-order valence-electron chi connectivity index (χ4n) is 2.34. The van der Waals surface area contributed by atoms with Gasteiger partial charge in [-0.3, -0.25) is 0 Å². The van der Waals surface area contributed by atoms with Crippen LogP contribution < -0.4 is 10.2 Å². The van der Waals surface area contributed by atoms with Crippen molar-refractivity contribution in [1.29, 1.82) is 0 Å². The molecular weight excluding hydrogens is 320 g/mol. The van der Waals surface area contributed by atoms with E-state index in [1.807, 2.05) is 0 Å². The number of nitrogens with zero attached hydrogens (tertiary/aromatic N) is 1. The third kappa shape index (κ3) is 4.14. The average Bonchev–Trinajstić information content (AvgIpc) is 2.46. The van der Waals surface area contributed by atoms with Crippen LogP contribution in [0.2, 0.25) is 0 Å². The lowest BCUT2D eigenvalue weighted by atomic mass is 10.1. The predicted molar refractivity (Wildman–Crippen MR) is 90.3 cm³/mol. The zero-order valence-corrected chi connectivity index (χ0v) is 14.2. The van der Waals surface area contributed by atoms with Crippen LogP contribution >= 0.6 is 27.7 Å². The van der Waals surface area contributed by atoms with E-state index in [1.54, 1.807) is 0 Å². The summed E-state index contributed by atoms with van der Waals surface area (Å²) < 4.78 is 1.22. The Morgan fingerprint density at radius 1 is 1.42 bits per heavy atom. The summed E-state index contributed by atoms with van der Waals surface area (Å²) in [6, 6.07) is 6.78. The van der Waals surface area contributed by atoms with Crippen molar-refractivity contribution in [3.8, 4) is 0 Å². The monoisotopic (exact) mass is 342 g/mol. The SMILES string of the molecule is CCNCc1ccc(N2CCSC(CC)C2)cc1Br. The molecule has 1 saturated heterocycles. The molecule has 19 heavy (non-hydrogen) atoms. The lowest BCUT2D eigenvalue weighted by molar-refractivity contribution is 0.719. The quantitative estimate of drug-likeness (QED) is 0.873. The molecule has 1 aliphatic heterocycles. The van der Waals surface area contributed by atoms with E-state index in [0.29, 0.717) is 0 Å². The van der Waals surface area contributed by atoms with E-state index in [2.05, 4.69) is 70.0 Å². The molecule has 1 N–H and O–H groups in total. The molecule has 0 bridgehead atoms. The molecule has 0 spiro atoms. The van der Waals surface area contributed by atoms with Crippen LogP contribution in [-0.4, -0.2) is 30.6 Å². The average molecular weight is 343 g/mol. The molecule has 0 aromatic heterocycles. The molecule has 1 unspecified atom stereocenters. The molecule has 2 nitrogen and oxygen atoms in total. The number of rotatable bonds is 5. The van der Waals surface area contributed by atoms with E-state index in [4.69, 9.17) is 0 Å². The largest absolute Gasteiger partial charge is 0.370 e. The van der Waals surface area contributed by atoms with Gasteiger partial charge in [-0.2, -0.15) is 11.8 Å². The van der Waals surface area contributed by atoms with Crippen LogP contribution in [-0.2, 0) is 6.54 Å². The molecule has 2 rings (SSSR count). The molecule has 0 aliphatic carbocycles. The zero-order valence-electron chi connectivity index (χ0n) is 11.8. The Labute approximate surface area is 129 Å². The maximum absolute atomic E-state index is 3.70.